The van der Waals surface area contributed by atoms with E-state index in [0.717, 1.165) is 28.1 Å². The third-order valence-corrected chi connectivity index (χ3v) is 6.48. The van der Waals surface area contributed by atoms with Crippen LogP contribution < -0.4 is 15.6 Å². The molecule has 0 spiro atoms. The molecule has 0 aliphatic heterocycles. The van der Waals surface area contributed by atoms with Crippen molar-refractivity contribution in [3.63, 3.8) is 0 Å². The summed E-state index contributed by atoms with van der Waals surface area (Å²) < 4.78 is 6.78. The lowest BCUT2D eigenvalue weighted by Crippen LogP contribution is -2.26. The van der Waals surface area contributed by atoms with Crippen molar-refractivity contribution in [2.75, 3.05) is 12.9 Å². The molecule has 1 heterocycles. The van der Waals surface area contributed by atoms with Crippen LogP contribution in [-0.4, -0.2) is 28.3 Å². The van der Waals surface area contributed by atoms with Crippen LogP contribution in [0.5, 0.6) is 5.75 Å². The molecule has 1 amide bonds. The summed E-state index contributed by atoms with van der Waals surface area (Å²) in [7, 11) is 1.62. The van der Waals surface area contributed by atoms with Gasteiger partial charge in [-0.2, -0.15) is 0 Å². The number of hydrogen-bond acceptors (Lipinski definition) is 5. The average molecular weight is 460 g/mol. The van der Waals surface area contributed by atoms with Gasteiger partial charge >= 0.3 is 0 Å². The second-order valence-electron chi connectivity index (χ2n) is 7.68. The van der Waals surface area contributed by atoms with Crippen LogP contribution in [0, 0.1) is 13.8 Å². The molecular formula is C26H25N3O3S. The molecule has 6 nitrogen and oxygen atoms in total. The van der Waals surface area contributed by atoms with Gasteiger partial charge in [0.2, 0.25) is 5.91 Å². The first kappa shape index (κ1) is 22.6. The molecule has 4 aromatic rings. The number of carbonyl (C=O) groups is 1. The monoisotopic (exact) mass is 459 g/mol. The molecule has 0 unspecified atom stereocenters. The molecule has 0 fully saturated rings. The first-order chi connectivity index (χ1) is 16.0. The molecule has 1 N–H and O–H groups in total. The van der Waals surface area contributed by atoms with Gasteiger partial charge in [-0.1, -0.05) is 48.2 Å². The summed E-state index contributed by atoms with van der Waals surface area (Å²) in [6.07, 6.45) is 0. The molecule has 4 rings (SSSR count). The fourth-order valence-electron chi connectivity index (χ4n) is 3.52. The third kappa shape index (κ3) is 4.93. The normalized spacial score (nSPS) is 10.9. The summed E-state index contributed by atoms with van der Waals surface area (Å²) in [5.41, 5.74) is 4.31. The second-order valence-corrected chi connectivity index (χ2v) is 8.63. The van der Waals surface area contributed by atoms with E-state index in [1.165, 1.54) is 11.8 Å². The van der Waals surface area contributed by atoms with E-state index < -0.39 is 0 Å². The highest BCUT2D eigenvalue weighted by Crippen LogP contribution is 2.24. The molecule has 0 aliphatic rings. The zero-order valence-corrected chi connectivity index (χ0v) is 19.6. The van der Waals surface area contributed by atoms with E-state index in [0.29, 0.717) is 22.6 Å². The van der Waals surface area contributed by atoms with Crippen molar-refractivity contribution in [3.8, 4) is 11.4 Å². The lowest BCUT2D eigenvalue weighted by atomic mass is 10.1. The number of fused-ring (bicyclic) bond motifs is 1. The predicted octanol–water partition coefficient (Wildman–Crippen LogP) is 4.42. The van der Waals surface area contributed by atoms with Crippen LogP contribution in [0.25, 0.3) is 16.6 Å². The Morgan fingerprint density at radius 1 is 1.03 bits per heavy atom. The molecule has 0 aliphatic carbocycles. The van der Waals surface area contributed by atoms with E-state index in [4.69, 9.17) is 9.72 Å². The van der Waals surface area contributed by atoms with Gasteiger partial charge in [-0.05, 0) is 60.9 Å². The molecular weight excluding hydrogens is 434 g/mol. The predicted molar refractivity (Wildman–Crippen MR) is 132 cm³/mol. The molecule has 0 saturated carbocycles. The fraction of sp³-hybridized carbons (Fsp3) is 0.192. The van der Waals surface area contributed by atoms with Crippen molar-refractivity contribution in [3.05, 3.63) is 93.8 Å². The van der Waals surface area contributed by atoms with Crippen LogP contribution in [0.4, 0.5) is 0 Å². The van der Waals surface area contributed by atoms with Gasteiger partial charge in [0.05, 0.1) is 29.5 Å². The Hall–Kier alpha value is -3.58. The van der Waals surface area contributed by atoms with Crippen LogP contribution in [0.1, 0.15) is 16.7 Å². The Kier molecular flexibility index (Phi) is 6.79. The van der Waals surface area contributed by atoms with Gasteiger partial charge in [-0.3, -0.25) is 14.2 Å². The zero-order chi connectivity index (χ0) is 23.4. The summed E-state index contributed by atoms with van der Waals surface area (Å²) in [6, 6.07) is 20.7. The number of carbonyl (C=O) groups excluding carboxylic acids is 1. The number of thioether (sulfide) groups is 1. The smallest absolute Gasteiger partial charge is 0.266 e. The molecule has 33 heavy (non-hydrogen) atoms. The van der Waals surface area contributed by atoms with Gasteiger partial charge in [-0.15, -0.1) is 0 Å². The minimum atomic E-state index is -0.143. The highest BCUT2D eigenvalue weighted by molar-refractivity contribution is 7.99. The van der Waals surface area contributed by atoms with Gasteiger partial charge in [0, 0.05) is 6.54 Å². The summed E-state index contributed by atoms with van der Waals surface area (Å²) >= 11 is 1.25. The van der Waals surface area contributed by atoms with Crippen molar-refractivity contribution in [1.29, 1.82) is 0 Å². The Labute approximate surface area is 196 Å². The molecule has 3 aromatic carbocycles. The summed E-state index contributed by atoms with van der Waals surface area (Å²) in [4.78, 5) is 30.7. The number of hydrogen-bond donors (Lipinski definition) is 1. The third-order valence-electron chi connectivity index (χ3n) is 5.54. The number of methoxy groups -OCH3 is 1. The molecule has 7 heteroatoms. The Morgan fingerprint density at radius 2 is 1.79 bits per heavy atom. The number of nitrogens with one attached hydrogen (secondary N) is 1. The van der Waals surface area contributed by atoms with Gasteiger partial charge in [0.1, 0.15) is 5.75 Å². The Bertz CT molecular complexity index is 1360. The van der Waals surface area contributed by atoms with Crippen molar-refractivity contribution in [2.45, 2.75) is 25.5 Å². The van der Waals surface area contributed by atoms with E-state index in [1.807, 2.05) is 74.5 Å². The number of aryl methyl sites for hydroxylation is 1. The van der Waals surface area contributed by atoms with Crippen molar-refractivity contribution < 1.29 is 9.53 Å². The van der Waals surface area contributed by atoms with E-state index >= 15 is 0 Å². The first-order valence-corrected chi connectivity index (χ1v) is 11.6. The number of benzene rings is 3. The standard InChI is InChI=1S/C26H25N3O3S/c1-17-7-6-10-23(18(17)2)29-25(31)21-8-4-5-9-22(21)28-26(29)33-16-24(30)27-15-19-11-13-20(32-3)14-12-19/h4-14H,15-16H2,1-3H3,(H,27,30). The van der Waals surface area contributed by atoms with E-state index in [9.17, 15) is 9.59 Å². The number of aromatic nitrogens is 2. The summed E-state index contributed by atoms with van der Waals surface area (Å²) in [6.45, 7) is 4.42. The van der Waals surface area contributed by atoms with Crippen molar-refractivity contribution in [2.24, 2.45) is 0 Å². The zero-order valence-electron chi connectivity index (χ0n) is 18.8. The number of nitrogens with zero attached hydrogens (tertiary/aromatic N) is 2. The number of rotatable bonds is 7. The summed E-state index contributed by atoms with van der Waals surface area (Å²) in [5.74, 6) is 0.782. The van der Waals surface area contributed by atoms with Crippen LogP contribution in [0.3, 0.4) is 0 Å². The average Bonchev–Trinajstić information content (AvgIpc) is 2.84. The maximum atomic E-state index is 13.4. The van der Waals surface area contributed by atoms with Crippen LogP contribution in [0.2, 0.25) is 0 Å². The van der Waals surface area contributed by atoms with Crippen LogP contribution in [0.15, 0.2) is 76.7 Å². The van der Waals surface area contributed by atoms with E-state index in [2.05, 4.69) is 5.32 Å². The topological polar surface area (TPSA) is 73.2 Å². The largest absolute Gasteiger partial charge is 0.497 e. The molecule has 0 radical (unpaired) electrons. The molecule has 168 valence electrons. The van der Waals surface area contributed by atoms with Crippen LogP contribution >= 0.6 is 11.8 Å². The maximum absolute atomic E-state index is 13.4. The first-order valence-electron chi connectivity index (χ1n) is 10.6. The summed E-state index contributed by atoms with van der Waals surface area (Å²) in [5, 5.41) is 3.96. The highest BCUT2D eigenvalue weighted by atomic mass is 32.2. The molecule has 0 atom stereocenters. The highest BCUT2D eigenvalue weighted by Gasteiger charge is 2.16. The van der Waals surface area contributed by atoms with Gasteiger partial charge < -0.3 is 10.1 Å². The Balaban J connectivity index is 1.59. The lowest BCUT2D eigenvalue weighted by molar-refractivity contribution is -0.118. The second kappa shape index (κ2) is 9.92. The maximum Gasteiger partial charge on any atom is 0.266 e. The number of ether oxygens (including phenoxy) is 1. The number of amides is 1. The van der Waals surface area contributed by atoms with Gasteiger partial charge in [0.25, 0.3) is 5.56 Å². The van der Waals surface area contributed by atoms with Crippen molar-refractivity contribution in [1.82, 2.24) is 14.9 Å². The number of para-hydroxylation sites is 1. The SMILES string of the molecule is COc1ccc(CNC(=O)CSc2nc3ccccc3c(=O)n2-c2cccc(C)c2C)cc1. The van der Waals surface area contributed by atoms with E-state index in [1.54, 1.807) is 17.7 Å². The quantitative estimate of drug-likeness (QED) is 0.327. The minimum absolute atomic E-state index is 0.134. The van der Waals surface area contributed by atoms with Crippen molar-refractivity contribution >= 4 is 28.6 Å². The van der Waals surface area contributed by atoms with Crippen LogP contribution in [-0.2, 0) is 11.3 Å². The van der Waals surface area contributed by atoms with Gasteiger partial charge in [0.15, 0.2) is 5.16 Å². The van der Waals surface area contributed by atoms with E-state index in [-0.39, 0.29) is 17.2 Å². The Morgan fingerprint density at radius 3 is 2.55 bits per heavy atom. The fourth-order valence-corrected chi connectivity index (χ4v) is 4.36. The molecule has 1 aromatic heterocycles. The minimum Gasteiger partial charge on any atom is -0.497 e. The lowest BCUT2D eigenvalue weighted by Gasteiger charge is -2.16. The van der Waals surface area contributed by atoms with Gasteiger partial charge in [-0.25, -0.2) is 4.98 Å². The molecule has 0 bridgehead atoms. The molecule has 0 saturated heterocycles.